The second-order valence-corrected chi connectivity index (χ2v) is 9.10. The third kappa shape index (κ3) is 4.88. The monoisotopic (exact) mass is 499 g/mol. The summed E-state index contributed by atoms with van der Waals surface area (Å²) >= 11 is 0. The van der Waals surface area contributed by atoms with Gasteiger partial charge in [0.2, 0.25) is 5.91 Å². The fourth-order valence-electron chi connectivity index (χ4n) is 4.58. The Morgan fingerprint density at radius 2 is 1.94 bits per heavy atom. The summed E-state index contributed by atoms with van der Waals surface area (Å²) in [6, 6.07) is 1.42. The molecular formula is C25H30FN5O5. The second-order valence-electron chi connectivity index (χ2n) is 9.10. The first-order chi connectivity index (χ1) is 17.2. The summed E-state index contributed by atoms with van der Waals surface area (Å²) in [5, 5.41) is 2.68. The Balaban J connectivity index is 1.78. The topological polar surface area (TPSA) is 112 Å². The van der Waals surface area contributed by atoms with Crippen LogP contribution in [0, 0.1) is 5.82 Å². The van der Waals surface area contributed by atoms with Gasteiger partial charge in [-0.25, -0.2) is 9.38 Å². The second kappa shape index (κ2) is 10.6. The van der Waals surface area contributed by atoms with Gasteiger partial charge >= 0.3 is 0 Å². The van der Waals surface area contributed by atoms with Gasteiger partial charge in [-0.05, 0) is 36.6 Å². The smallest absolute Gasteiger partial charge is 0.298 e. The number of ketones is 1. The van der Waals surface area contributed by atoms with E-state index in [-0.39, 0.29) is 31.5 Å². The van der Waals surface area contributed by atoms with Crippen molar-refractivity contribution in [2.45, 2.75) is 44.4 Å². The van der Waals surface area contributed by atoms with Gasteiger partial charge in [0.1, 0.15) is 17.7 Å². The van der Waals surface area contributed by atoms with E-state index in [0.717, 1.165) is 0 Å². The zero-order chi connectivity index (χ0) is 26.0. The molecule has 1 fully saturated rings. The number of nitrogens with one attached hydrogen (secondary N) is 1. The molecule has 1 N–H and O–H groups in total. The van der Waals surface area contributed by atoms with E-state index < -0.39 is 41.5 Å². The Kier molecular flexibility index (Phi) is 7.48. The summed E-state index contributed by atoms with van der Waals surface area (Å²) in [5.41, 5.74) is 1.20. The lowest BCUT2D eigenvalue weighted by molar-refractivity contribution is -0.147. The average Bonchev–Trinajstić information content (AvgIpc) is 3.05. The van der Waals surface area contributed by atoms with Crippen LogP contribution in [-0.2, 0) is 30.5 Å². The maximum Gasteiger partial charge on any atom is 0.298 e. The van der Waals surface area contributed by atoms with Gasteiger partial charge in [-0.1, -0.05) is 19.1 Å². The maximum atomic E-state index is 14.0. The first-order valence-electron chi connectivity index (χ1n) is 12.0. The van der Waals surface area contributed by atoms with Crippen molar-refractivity contribution in [3.05, 3.63) is 41.7 Å². The molecule has 0 saturated carbocycles. The lowest BCUT2D eigenvalue weighted by Gasteiger charge is -2.37. The number of fused-ring (bicyclic) bond motifs is 2. The molecule has 3 heterocycles. The van der Waals surface area contributed by atoms with Gasteiger partial charge in [0, 0.05) is 32.9 Å². The lowest BCUT2D eigenvalue weighted by Crippen LogP contribution is -2.61. The highest BCUT2D eigenvalue weighted by Crippen LogP contribution is 2.24. The van der Waals surface area contributed by atoms with Gasteiger partial charge < -0.3 is 19.9 Å². The molecule has 3 atom stereocenters. The summed E-state index contributed by atoms with van der Waals surface area (Å²) in [7, 11) is 3.35. The minimum Gasteiger partial charge on any atom is -0.377 e. The number of halogens is 1. The van der Waals surface area contributed by atoms with Gasteiger partial charge in [0.05, 0.1) is 19.3 Å². The Morgan fingerprint density at radius 1 is 1.17 bits per heavy atom. The molecule has 2 bridgehead atoms. The first-order valence-corrected chi connectivity index (χ1v) is 12.0. The number of benzene rings is 1. The number of amides is 3. The number of anilines is 1. The van der Waals surface area contributed by atoms with Crippen LogP contribution in [0.4, 0.5) is 10.1 Å². The molecule has 192 valence electrons. The molecule has 1 aromatic carbocycles. The van der Waals surface area contributed by atoms with Crippen molar-refractivity contribution < 1.29 is 28.3 Å². The Bertz CT molecular complexity index is 1140. The number of likely N-dealkylation sites (N-methyl/N-ethyl adjacent to an activating group) is 1. The van der Waals surface area contributed by atoms with E-state index in [4.69, 9.17) is 4.74 Å². The molecule has 11 heteroatoms. The van der Waals surface area contributed by atoms with Crippen molar-refractivity contribution >= 4 is 35.0 Å². The quantitative estimate of drug-likeness (QED) is 0.449. The van der Waals surface area contributed by atoms with E-state index in [0.29, 0.717) is 30.6 Å². The van der Waals surface area contributed by atoms with Gasteiger partial charge in [-0.3, -0.25) is 24.1 Å². The number of Topliss-reactive ketones (excluding diaryl/α,β-unsaturated/α-hetero) is 1. The van der Waals surface area contributed by atoms with Crippen molar-refractivity contribution in [3.8, 4) is 0 Å². The van der Waals surface area contributed by atoms with Crippen molar-refractivity contribution in [1.29, 1.82) is 0 Å². The third-order valence-corrected chi connectivity index (χ3v) is 6.77. The van der Waals surface area contributed by atoms with E-state index in [2.05, 4.69) is 10.3 Å². The summed E-state index contributed by atoms with van der Waals surface area (Å²) in [4.78, 5) is 61.2. The van der Waals surface area contributed by atoms with Crippen LogP contribution >= 0.6 is 0 Å². The molecule has 0 aromatic heterocycles. The Labute approximate surface area is 208 Å². The van der Waals surface area contributed by atoms with E-state index >= 15 is 0 Å². The molecule has 10 nitrogen and oxygen atoms in total. The largest absolute Gasteiger partial charge is 0.377 e. The van der Waals surface area contributed by atoms with Crippen LogP contribution in [0.5, 0.6) is 0 Å². The van der Waals surface area contributed by atoms with Crippen molar-refractivity contribution in [1.82, 2.24) is 15.1 Å². The van der Waals surface area contributed by atoms with Gasteiger partial charge in [-0.2, -0.15) is 0 Å². The van der Waals surface area contributed by atoms with Crippen LogP contribution in [0.2, 0.25) is 0 Å². The van der Waals surface area contributed by atoms with Crippen LogP contribution in [0.3, 0.4) is 0 Å². The highest BCUT2D eigenvalue weighted by Gasteiger charge is 2.47. The molecule has 1 unspecified atom stereocenters. The molecule has 1 saturated heterocycles. The van der Waals surface area contributed by atoms with Crippen LogP contribution in [0.25, 0.3) is 0 Å². The zero-order valence-electron chi connectivity index (χ0n) is 20.6. The summed E-state index contributed by atoms with van der Waals surface area (Å²) in [6.45, 7) is 2.62. The van der Waals surface area contributed by atoms with Gasteiger partial charge in [0.25, 0.3) is 17.6 Å². The number of amidine groups is 1. The Morgan fingerprint density at radius 3 is 2.69 bits per heavy atom. The molecule has 3 aliphatic heterocycles. The third-order valence-electron chi connectivity index (χ3n) is 6.77. The number of rotatable bonds is 1. The highest BCUT2D eigenvalue weighted by atomic mass is 19.1. The SMILES string of the molecule is CC[C@H]1COC[C@@H]2C3=NC(C(=O)NCc4ccc(F)cc4N(C)CC/C=C\C(=O)N2C)C(=O)C(=O)N31. The fraction of sp³-hybridized carbons (Fsp3) is 0.480. The highest BCUT2D eigenvalue weighted by molar-refractivity contribution is 6.46. The van der Waals surface area contributed by atoms with Crippen molar-refractivity contribution in [3.63, 3.8) is 0 Å². The standard InChI is InChI=1S/C25H30FN5O5/c1-4-17-13-36-14-19-23-28-21(22(33)25(35)31(17)23)24(34)27-12-15-8-9-16(26)11-18(15)29(2)10-6-5-7-20(32)30(19)3/h5,7-9,11,17,19,21H,4,6,10,12-14H2,1-3H3,(H,27,34)/b7-5-/t17-,19+,21?/m0/s1. The molecule has 4 rings (SSSR count). The number of ether oxygens (including phenoxy) is 1. The number of aliphatic imine (C=N–C) groups is 1. The lowest BCUT2D eigenvalue weighted by atomic mass is 10.0. The van der Waals surface area contributed by atoms with Crippen molar-refractivity contribution in [2.75, 3.05) is 38.8 Å². The van der Waals surface area contributed by atoms with Crippen LogP contribution in [0.1, 0.15) is 25.3 Å². The fourth-order valence-corrected chi connectivity index (χ4v) is 4.58. The molecule has 3 amide bonds. The summed E-state index contributed by atoms with van der Waals surface area (Å²) in [6.07, 6.45) is 4.17. The van der Waals surface area contributed by atoms with Crippen LogP contribution < -0.4 is 10.2 Å². The van der Waals surface area contributed by atoms with E-state index in [1.807, 2.05) is 11.8 Å². The molecule has 0 radical (unpaired) electrons. The molecule has 3 aliphatic rings. The number of carbonyl (C=O) groups excluding carboxylic acids is 4. The molecular weight excluding hydrogens is 469 g/mol. The molecule has 1 aromatic rings. The minimum atomic E-state index is -1.59. The Hall–Kier alpha value is -3.60. The predicted molar refractivity (Wildman–Crippen MR) is 130 cm³/mol. The van der Waals surface area contributed by atoms with Crippen molar-refractivity contribution in [2.24, 2.45) is 4.99 Å². The number of nitrogens with zero attached hydrogens (tertiary/aromatic N) is 4. The van der Waals surface area contributed by atoms with Crippen LogP contribution in [-0.4, -0.2) is 91.1 Å². The first kappa shape index (κ1) is 25.5. The number of hydrogen-bond acceptors (Lipinski definition) is 7. The van der Waals surface area contributed by atoms with Gasteiger partial charge in [0.15, 0.2) is 6.04 Å². The average molecular weight is 500 g/mol. The van der Waals surface area contributed by atoms with Crippen LogP contribution in [0.15, 0.2) is 35.3 Å². The molecule has 0 spiro atoms. The van der Waals surface area contributed by atoms with Gasteiger partial charge in [-0.15, -0.1) is 0 Å². The predicted octanol–water partition coefficient (Wildman–Crippen LogP) is 0.652. The normalized spacial score (nSPS) is 26.7. The number of carbonyl (C=O) groups is 4. The molecule has 36 heavy (non-hydrogen) atoms. The zero-order valence-corrected chi connectivity index (χ0v) is 20.6. The van der Waals surface area contributed by atoms with E-state index in [1.165, 1.54) is 28.0 Å². The minimum absolute atomic E-state index is 0.0175. The molecule has 0 aliphatic carbocycles. The maximum absolute atomic E-state index is 14.0. The number of hydrogen-bond donors (Lipinski definition) is 1. The van der Waals surface area contributed by atoms with E-state index in [9.17, 15) is 23.6 Å². The van der Waals surface area contributed by atoms with E-state index in [1.54, 1.807) is 26.2 Å². The summed E-state index contributed by atoms with van der Waals surface area (Å²) < 4.78 is 19.8. The summed E-state index contributed by atoms with van der Waals surface area (Å²) in [5.74, 6) is -3.13.